The van der Waals surface area contributed by atoms with Crippen LogP contribution in [0.15, 0.2) is 12.2 Å². The first-order valence-electron chi connectivity index (χ1n) is 4.72. The van der Waals surface area contributed by atoms with Gasteiger partial charge in [0.1, 0.15) is 0 Å². The molecule has 0 saturated carbocycles. The molecule has 11 heavy (non-hydrogen) atoms. The van der Waals surface area contributed by atoms with Crippen LogP contribution in [0.3, 0.4) is 0 Å². The summed E-state index contributed by atoms with van der Waals surface area (Å²) in [6.07, 6.45) is 5.07. The largest absolute Gasteiger partial charge is 0.303 e. The third-order valence-electron chi connectivity index (χ3n) is 2.33. The van der Waals surface area contributed by atoms with E-state index in [1.54, 1.807) is 0 Å². The summed E-state index contributed by atoms with van der Waals surface area (Å²) in [5.74, 6) is 0. The fraction of sp³-hybridized carbons (Fsp3) is 0.800. The third-order valence-corrected chi connectivity index (χ3v) is 2.33. The van der Waals surface area contributed by atoms with E-state index >= 15 is 0 Å². The van der Waals surface area contributed by atoms with E-state index in [2.05, 4.69) is 18.4 Å². The summed E-state index contributed by atoms with van der Waals surface area (Å²) in [6.45, 7) is 10.1. The minimum atomic E-state index is 1.22. The van der Waals surface area contributed by atoms with Gasteiger partial charge in [-0.05, 0) is 38.8 Å². The van der Waals surface area contributed by atoms with Gasteiger partial charge in [0.05, 0.1) is 0 Å². The fourth-order valence-electron chi connectivity index (χ4n) is 1.65. The minimum absolute atomic E-state index is 1.22. The zero-order chi connectivity index (χ0) is 8.10. The van der Waals surface area contributed by atoms with Crippen molar-refractivity contribution in [2.24, 2.45) is 0 Å². The van der Waals surface area contributed by atoms with Gasteiger partial charge in [-0.25, -0.2) is 0 Å². The maximum atomic E-state index is 4.04. The summed E-state index contributed by atoms with van der Waals surface area (Å²) in [5.41, 5.74) is 1.45. The lowest BCUT2D eigenvalue weighted by Crippen LogP contribution is -2.25. The van der Waals surface area contributed by atoms with Crippen LogP contribution < -0.4 is 0 Å². The Hall–Kier alpha value is -0.300. The van der Waals surface area contributed by atoms with Crippen molar-refractivity contribution in [3.63, 3.8) is 0 Å². The molecule has 0 atom stereocenters. The smallest absolute Gasteiger partial charge is 0.00185 e. The van der Waals surface area contributed by atoms with E-state index in [4.69, 9.17) is 0 Å². The molecule has 1 saturated heterocycles. The first kappa shape index (κ1) is 8.79. The van der Waals surface area contributed by atoms with Gasteiger partial charge in [-0.2, -0.15) is 0 Å². The van der Waals surface area contributed by atoms with Gasteiger partial charge in [0, 0.05) is 6.54 Å². The average molecular weight is 153 g/mol. The van der Waals surface area contributed by atoms with Crippen molar-refractivity contribution in [2.45, 2.75) is 32.6 Å². The molecule has 1 heteroatoms. The van der Waals surface area contributed by atoms with Gasteiger partial charge in [0.2, 0.25) is 0 Å². The van der Waals surface area contributed by atoms with Crippen molar-refractivity contribution in [3.8, 4) is 0 Å². The molecule has 0 aromatic heterocycles. The summed E-state index contributed by atoms with van der Waals surface area (Å²) >= 11 is 0. The van der Waals surface area contributed by atoms with Gasteiger partial charge in [-0.1, -0.05) is 19.1 Å². The van der Waals surface area contributed by atoms with E-state index in [0.717, 1.165) is 0 Å². The Kier molecular flexibility index (Phi) is 3.64. The molecule has 1 heterocycles. The van der Waals surface area contributed by atoms with Crippen LogP contribution in [0, 0.1) is 0 Å². The molecule has 1 aliphatic rings. The van der Waals surface area contributed by atoms with Crippen molar-refractivity contribution in [1.29, 1.82) is 0 Å². The highest BCUT2D eigenvalue weighted by Gasteiger charge is 2.08. The molecule has 0 amide bonds. The first-order valence-corrected chi connectivity index (χ1v) is 4.72. The molecular formula is C10H19N. The molecule has 0 N–H and O–H groups in total. The number of hydrogen-bond acceptors (Lipinski definition) is 1. The van der Waals surface area contributed by atoms with Gasteiger partial charge < -0.3 is 4.90 Å². The lowest BCUT2D eigenvalue weighted by molar-refractivity contribution is 0.287. The van der Waals surface area contributed by atoms with Crippen molar-refractivity contribution in [1.82, 2.24) is 4.90 Å². The normalized spacial score (nSPS) is 21.7. The Morgan fingerprint density at radius 3 is 2.91 bits per heavy atom. The second-order valence-corrected chi connectivity index (χ2v) is 3.45. The zero-order valence-electron chi connectivity index (χ0n) is 7.60. The van der Waals surface area contributed by atoms with Crippen molar-refractivity contribution >= 4 is 0 Å². The minimum Gasteiger partial charge on any atom is -0.303 e. The topological polar surface area (TPSA) is 3.24 Å². The molecular weight excluding hydrogens is 134 g/mol. The molecule has 1 nitrogen and oxygen atoms in total. The van der Waals surface area contributed by atoms with Crippen LogP contribution in [0.2, 0.25) is 0 Å². The molecule has 1 aliphatic heterocycles. The van der Waals surface area contributed by atoms with Crippen molar-refractivity contribution in [3.05, 3.63) is 12.2 Å². The predicted octanol–water partition coefficient (Wildman–Crippen LogP) is 2.44. The molecule has 0 radical (unpaired) electrons. The van der Waals surface area contributed by atoms with Crippen LogP contribution in [-0.4, -0.2) is 24.5 Å². The molecule has 64 valence electrons. The van der Waals surface area contributed by atoms with E-state index in [1.165, 1.54) is 50.9 Å². The van der Waals surface area contributed by atoms with Gasteiger partial charge >= 0.3 is 0 Å². The van der Waals surface area contributed by atoms with E-state index < -0.39 is 0 Å². The lowest BCUT2D eigenvalue weighted by Gasteiger charge is -2.17. The highest BCUT2D eigenvalue weighted by Crippen LogP contribution is 2.14. The number of nitrogens with zero attached hydrogens (tertiary/aromatic N) is 1. The number of hydrogen-bond donors (Lipinski definition) is 0. The van der Waals surface area contributed by atoms with Crippen molar-refractivity contribution < 1.29 is 0 Å². The quantitative estimate of drug-likeness (QED) is 0.551. The summed E-state index contributed by atoms with van der Waals surface area (Å²) < 4.78 is 0. The third kappa shape index (κ3) is 3.06. The molecule has 0 aromatic carbocycles. The van der Waals surface area contributed by atoms with E-state index in [9.17, 15) is 0 Å². The standard InChI is InChI=1S/C10H19N/c1-3-7-11-8-4-5-10(2)6-9-11/h2-9H2,1H3. The summed E-state index contributed by atoms with van der Waals surface area (Å²) in [4.78, 5) is 2.55. The molecule has 0 unspecified atom stereocenters. The maximum absolute atomic E-state index is 4.04. The lowest BCUT2D eigenvalue weighted by atomic mass is 10.1. The van der Waals surface area contributed by atoms with Crippen molar-refractivity contribution in [2.75, 3.05) is 19.6 Å². The molecule has 0 aliphatic carbocycles. The SMILES string of the molecule is C=C1CCCN(CCC)CC1. The van der Waals surface area contributed by atoms with Gasteiger partial charge in [0.25, 0.3) is 0 Å². The zero-order valence-corrected chi connectivity index (χ0v) is 7.60. The number of likely N-dealkylation sites (tertiary alicyclic amines) is 1. The van der Waals surface area contributed by atoms with Crippen LogP contribution in [0.5, 0.6) is 0 Å². The van der Waals surface area contributed by atoms with E-state index in [0.29, 0.717) is 0 Å². The molecule has 1 rings (SSSR count). The second kappa shape index (κ2) is 4.55. The highest BCUT2D eigenvalue weighted by atomic mass is 15.1. The molecule has 0 bridgehead atoms. The average Bonchev–Trinajstić information content (AvgIpc) is 2.17. The van der Waals surface area contributed by atoms with E-state index in [-0.39, 0.29) is 0 Å². The first-order chi connectivity index (χ1) is 5.33. The Balaban J connectivity index is 2.28. The van der Waals surface area contributed by atoms with Crippen LogP contribution in [0.4, 0.5) is 0 Å². The Morgan fingerprint density at radius 2 is 2.18 bits per heavy atom. The summed E-state index contributed by atoms with van der Waals surface area (Å²) in [6, 6.07) is 0. The van der Waals surface area contributed by atoms with Crippen LogP contribution >= 0.6 is 0 Å². The Morgan fingerprint density at radius 1 is 1.36 bits per heavy atom. The van der Waals surface area contributed by atoms with Gasteiger partial charge in [0.15, 0.2) is 0 Å². The van der Waals surface area contributed by atoms with Crippen LogP contribution in [-0.2, 0) is 0 Å². The predicted molar refractivity (Wildman–Crippen MR) is 49.7 cm³/mol. The maximum Gasteiger partial charge on any atom is 0.00185 e. The van der Waals surface area contributed by atoms with Gasteiger partial charge in [-0.15, -0.1) is 0 Å². The summed E-state index contributed by atoms with van der Waals surface area (Å²) in [7, 11) is 0. The number of rotatable bonds is 2. The monoisotopic (exact) mass is 153 g/mol. The molecule has 1 fully saturated rings. The fourth-order valence-corrected chi connectivity index (χ4v) is 1.65. The Bertz CT molecular complexity index is 129. The van der Waals surface area contributed by atoms with E-state index in [1.807, 2.05) is 0 Å². The van der Waals surface area contributed by atoms with Crippen LogP contribution in [0.25, 0.3) is 0 Å². The van der Waals surface area contributed by atoms with Crippen LogP contribution in [0.1, 0.15) is 32.6 Å². The van der Waals surface area contributed by atoms with Gasteiger partial charge in [-0.3, -0.25) is 0 Å². The highest BCUT2D eigenvalue weighted by molar-refractivity contribution is 4.96. The molecule has 0 spiro atoms. The molecule has 0 aromatic rings. The Labute approximate surface area is 70.1 Å². The summed E-state index contributed by atoms with van der Waals surface area (Å²) in [5, 5.41) is 0. The second-order valence-electron chi connectivity index (χ2n) is 3.45.